The van der Waals surface area contributed by atoms with Crippen molar-refractivity contribution in [2.24, 2.45) is 5.92 Å². The largest absolute Gasteiger partial charge is 0.379 e. The summed E-state index contributed by atoms with van der Waals surface area (Å²) in [7, 11) is 0. The second-order valence-electron chi connectivity index (χ2n) is 7.24. The van der Waals surface area contributed by atoms with Crippen molar-refractivity contribution in [1.82, 2.24) is 9.80 Å². The Morgan fingerprint density at radius 1 is 1.12 bits per heavy atom. The van der Waals surface area contributed by atoms with Gasteiger partial charge in [-0.15, -0.1) is 11.8 Å². The molecular formula is C20H31N3O2S. The summed E-state index contributed by atoms with van der Waals surface area (Å²) in [5.74, 6) is 0.893. The Kier molecular flexibility index (Phi) is 7.80. The molecule has 1 aromatic carbocycles. The van der Waals surface area contributed by atoms with E-state index in [9.17, 15) is 4.79 Å². The number of carbonyl (C=O) groups is 1. The van der Waals surface area contributed by atoms with Gasteiger partial charge in [-0.05, 0) is 75.3 Å². The zero-order chi connectivity index (χ0) is 18.2. The predicted molar refractivity (Wildman–Crippen MR) is 108 cm³/mol. The minimum absolute atomic E-state index is 0.0914. The molecule has 1 aromatic rings. The van der Waals surface area contributed by atoms with Crippen molar-refractivity contribution in [3.05, 3.63) is 24.3 Å². The lowest BCUT2D eigenvalue weighted by atomic mass is 9.93. The Bertz CT molecular complexity index is 553. The van der Waals surface area contributed by atoms with Crippen molar-refractivity contribution in [2.75, 3.05) is 64.1 Å². The zero-order valence-electron chi connectivity index (χ0n) is 15.8. The van der Waals surface area contributed by atoms with Crippen molar-refractivity contribution in [3.8, 4) is 0 Å². The summed E-state index contributed by atoms with van der Waals surface area (Å²) in [5, 5.41) is 3.01. The van der Waals surface area contributed by atoms with Gasteiger partial charge in [0.25, 0.3) is 0 Å². The van der Waals surface area contributed by atoms with Crippen LogP contribution in [0, 0.1) is 5.92 Å². The van der Waals surface area contributed by atoms with Crippen LogP contribution in [0.1, 0.15) is 19.3 Å². The molecule has 2 heterocycles. The van der Waals surface area contributed by atoms with Crippen LogP contribution in [0.3, 0.4) is 0 Å². The highest BCUT2D eigenvalue weighted by molar-refractivity contribution is 7.98. The van der Waals surface area contributed by atoms with E-state index in [-0.39, 0.29) is 5.91 Å². The normalized spacial score (nSPS) is 20.2. The van der Waals surface area contributed by atoms with Gasteiger partial charge in [0.05, 0.1) is 19.8 Å². The van der Waals surface area contributed by atoms with E-state index in [1.54, 1.807) is 11.8 Å². The number of hydrogen-bond donors (Lipinski definition) is 1. The number of morpholine rings is 1. The molecule has 0 aromatic heterocycles. The van der Waals surface area contributed by atoms with Crippen LogP contribution in [0.4, 0.5) is 5.69 Å². The van der Waals surface area contributed by atoms with Crippen molar-refractivity contribution in [1.29, 1.82) is 0 Å². The first-order chi connectivity index (χ1) is 12.7. The molecule has 26 heavy (non-hydrogen) atoms. The lowest BCUT2D eigenvalue weighted by Gasteiger charge is -2.33. The highest BCUT2D eigenvalue weighted by Crippen LogP contribution is 2.21. The molecule has 0 bridgehead atoms. The van der Waals surface area contributed by atoms with E-state index in [0.717, 1.165) is 51.0 Å². The maximum absolute atomic E-state index is 12.3. The number of anilines is 1. The Morgan fingerprint density at radius 2 is 1.81 bits per heavy atom. The summed E-state index contributed by atoms with van der Waals surface area (Å²) in [6, 6.07) is 8.03. The van der Waals surface area contributed by atoms with E-state index in [1.807, 2.05) is 24.3 Å². The molecule has 0 radical (unpaired) electrons. The van der Waals surface area contributed by atoms with Gasteiger partial charge < -0.3 is 10.1 Å². The fourth-order valence-electron chi connectivity index (χ4n) is 3.70. The van der Waals surface area contributed by atoms with Gasteiger partial charge in [0.15, 0.2) is 0 Å². The molecule has 0 atom stereocenters. The number of thioether (sulfide) groups is 1. The number of benzene rings is 1. The summed E-state index contributed by atoms with van der Waals surface area (Å²) < 4.78 is 5.41. The second-order valence-corrected chi connectivity index (χ2v) is 8.12. The molecule has 1 N–H and O–H groups in total. The molecule has 3 rings (SSSR count). The van der Waals surface area contributed by atoms with Gasteiger partial charge in [-0.2, -0.15) is 0 Å². The number of amides is 1. The Balaban J connectivity index is 1.33. The molecule has 5 nitrogen and oxygen atoms in total. The molecule has 0 aliphatic carbocycles. The van der Waals surface area contributed by atoms with Crippen molar-refractivity contribution >= 4 is 23.4 Å². The van der Waals surface area contributed by atoms with Crippen LogP contribution < -0.4 is 5.32 Å². The van der Waals surface area contributed by atoms with Gasteiger partial charge in [0.2, 0.25) is 5.91 Å². The van der Waals surface area contributed by atoms with Crippen LogP contribution in [-0.4, -0.2) is 74.4 Å². The first-order valence-electron chi connectivity index (χ1n) is 9.69. The van der Waals surface area contributed by atoms with Gasteiger partial charge in [0.1, 0.15) is 0 Å². The highest BCUT2D eigenvalue weighted by atomic mass is 32.2. The van der Waals surface area contributed by atoms with Crippen LogP contribution in [0.2, 0.25) is 0 Å². The molecule has 0 unspecified atom stereocenters. The smallest absolute Gasteiger partial charge is 0.238 e. The first kappa shape index (κ1) is 19.7. The minimum Gasteiger partial charge on any atom is -0.379 e. The number of nitrogens with one attached hydrogen (secondary N) is 1. The Labute approximate surface area is 161 Å². The summed E-state index contributed by atoms with van der Waals surface area (Å²) >= 11 is 1.71. The van der Waals surface area contributed by atoms with Gasteiger partial charge >= 0.3 is 0 Å². The van der Waals surface area contributed by atoms with Crippen LogP contribution >= 0.6 is 11.8 Å². The van der Waals surface area contributed by atoms with E-state index in [4.69, 9.17) is 4.74 Å². The van der Waals surface area contributed by atoms with Gasteiger partial charge in [0, 0.05) is 23.7 Å². The summed E-state index contributed by atoms with van der Waals surface area (Å²) in [6.45, 7) is 7.69. The monoisotopic (exact) mass is 377 g/mol. The van der Waals surface area contributed by atoms with Crippen LogP contribution in [0.5, 0.6) is 0 Å². The van der Waals surface area contributed by atoms with Gasteiger partial charge in [-0.25, -0.2) is 0 Å². The molecule has 2 aliphatic rings. The van der Waals surface area contributed by atoms with E-state index in [2.05, 4.69) is 21.4 Å². The molecule has 2 aliphatic heterocycles. The third-order valence-corrected chi connectivity index (χ3v) is 6.15. The maximum Gasteiger partial charge on any atom is 0.238 e. The van der Waals surface area contributed by atoms with Gasteiger partial charge in [-0.1, -0.05) is 0 Å². The number of ether oxygens (including phenoxy) is 1. The number of carbonyl (C=O) groups excluding carboxylic acids is 1. The van der Waals surface area contributed by atoms with Crippen LogP contribution in [-0.2, 0) is 9.53 Å². The van der Waals surface area contributed by atoms with E-state index >= 15 is 0 Å². The van der Waals surface area contributed by atoms with Crippen LogP contribution in [0.25, 0.3) is 0 Å². The molecule has 0 spiro atoms. The Hall–Kier alpha value is -1.08. The molecule has 2 saturated heterocycles. The summed E-state index contributed by atoms with van der Waals surface area (Å²) in [5.41, 5.74) is 0.883. The maximum atomic E-state index is 12.3. The van der Waals surface area contributed by atoms with E-state index in [1.165, 1.54) is 30.7 Å². The highest BCUT2D eigenvalue weighted by Gasteiger charge is 2.22. The van der Waals surface area contributed by atoms with E-state index < -0.39 is 0 Å². The third kappa shape index (κ3) is 6.27. The standard InChI is InChI=1S/C20H31N3O2S/c1-26-19-4-2-18(3-5-19)21-20(24)16-23-10-7-17(8-11-23)6-9-22-12-14-25-15-13-22/h2-5,17H,6-16H2,1H3,(H,21,24). The summed E-state index contributed by atoms with van der Waals surface area (Å²) in [4.78, 5) is 18.3. The number of rotatable bonds is 7. The molecule has 144 valence electrons. The quantitative estimate of drug-likeness (QED) is 0.741. The SMILES string of the molecule is CSc1ccc(NC(=O)CN2CCC(CCN3CCOCC3)CC2)cc1. The summed E-state index contributed by atoms with van der Waals surface area (Å²) in [6.07, 6.45) is 5.75. The number of likely N-dealkylation sites (tertiary alicyclic amines) is 1. The van der Waals surface area contributed by atoms with Crippen LogP contribution in [0.15, 0.2) is 29.2 Å². The minimum atomic E-state index is 0.0914. The molecular weight excluding hydrogens is 346 g/mol. The second kappa shape index (κ2) is 10.3. The van der Waals surface area contributed by atoms with Crippen molar-refractivity contribution in [2.45, 2.75) is 24.2 Å². The van der Waals surface area contributed by atoms with Gasteiger partial charge in [-0.3, -0.25) is 14.6 Å². The number of hydrogen-bond acceptors (Lipinski definition) is 5. The molecule has 2 fully saturated rings. The number of piperidine rings is 1. The Morgan fingerprint density at radius 3 is 2.46 bits per heavy atom. The fourth-order valence-corrected chi connectivity index (χ4v) is 4.11. The average molecular weight is 378 g/mol. The average Bonchev–Trinajstić information content (AvgIpc) is 2.69. The zero-order valence-corrected chi connectivity index (χ0v) is 16.6. The lowest BCUT2D eigenvalue weighted by Crippen LogP contribution is -2.41. The fraction of sp³-hybridized carbons (Fsp3) is 0.650. The lowest BCUT2D eigenvalue weighted by molar-refractivity contribution is -0.117. The predicted octanol–water partition coefficient (Wildman–Crippen LogP) is 2.78. The number of nitrogens with zero attached hydrogens (tertiary/aromatic N) is 2. The third-order valence-electron chi connectivity index (χ3n) is 5.41. The first-order valence-corrected chi connectivity index (χ1v) is 10.9. The van der Waals surface area contributed by atoms with E-state index in [0.29, 0.717) is 6.54 Å². The van der Waals surface area contributed by atoms with Crippen molar-refractivity contribution < 1.29 is 9.53 Å². The van der Waals surface area contributed by atoms with Crippen molar-refractivity contribution in [3.63, 3.8) is 0 Å². The molecule has 0 saturated carbocycles. The molecule has 6 heteroatoms. The molecule has 1 amide bonds. The topological polar surface area (TPSA) is 44.8 Å².